The molecule has 1 aromatic rings. The highest BCUT2D eigenvalue weighted by molar-refractivity contribution is 6.04. The van der Waals surface area contributed by atoms with E-state index in [0.29, 0.717) is 6.42 Å². The van der Waals surface area contributed by atoms with Crippen LogP contribution < -0.4 is 0 Å². The lowest BCUT2D eigenvalue weighted by molar-refractivity contribution is -0.163. The van der Waals surface area contributed by atoms with E-state index in [0.717, 1.165) is 24.8 Å². The van der Waals surface area contributed by atoms with Gasteiger partial charge in [0.25, 0.3) is 0 Å². The Morgan fingerprint density at radius 2 is 1.92 bits per heavy atom. The molecule has 0 amide bonds. The largest absolute Gasteiger partial charge is 0.466 e. The second-order valence-electron chi connectivity index (χ2n) is 7.73. The van der Waals surface area contributed by atoms with E-state index in [1.165, 1.54) is 0 Å². The lowest BCUT2D eigenvalue weighted by atomic mass is 9.69. The van der Waals surface area contributed by atoms with Crippen LogP contribution in [0.25, 0.3) is 0 Å². The van der Waals surface area contributed by atoms with Gasteiger partial charge in [-0.25, -0.2) is 0 Å². The fraction of sp³-hybridized carbons (Fsp3) is 0.571. The van der Waals surface area contributed by atoms with E-state index in [9.17, 15) is 14.4 Å². The summed E-state index contributed by atoms with van der Waals surface area (Å²) < 4.78 is 5.39. The lowest BCUT2D eigenvalue weighted by Crippen LogP contribution is -2.44. The van der Waals surface area contributed by atoms with Gasteiger partial charge in [0.1, 0.15) is 11.6 Å². The van der Waals surface area contributed by atoms with E-state index in [-0.39, 0.29) is 48.3 Å². The first kappa shape index (κ1) is 16.5. The van der Waals surface area contributed by atoms with E-state index >= 15 is 0 Å². The maximum atomic E-state index is 13.2. The first-order chi connectivity index (χ1) is 12.1. The van der Waals surface area contributed by atoms with Gasteiger partial charge in [0, 0.05) is 24.2 Å². The van der Waals surface area contributed by atoms with Crippen LogP contribution in [0.3, 0.4) is 0 Å². The van der Waals surface area contributed by atoms with Crippen LogP contribution in [0.2, 0.25) is 0 Å². The van der Waals surface area contributed by atoms with Crippen LogP contribution in [0.5, 0.6) is 0 Å². The molecule has 3 fully saturated rings. The second kappa shape index (κ2) is 6.08. The van der Waals surface area contributed by atoms with E-state index in [2.05, 4.69) is 0 Å². The van der Waals surface area contributed by atoms with Crippen LogP contribution in [-0.2, 0) is 25.5 Å². The fourth-order valence-corrected chi connectivity index (χ4v) is 5.81. The highest BCUT2D eigenvalue weighted by Gasteiger charge is 2.72. The first-order valence-electron chi connectivity index (χ1n) is 9.37. The van der Waals surface area contributed by atoms with Gasteiger partial charge < -0.3 is 4.74 Å². The van der Waals surface area contributed by atoms with Crippen molar-refractivity contribution in [1.82, 2.24) is 0 Å². The van der Waals surface area contributed by atoms with E-state index in [1.54, 1.807) is 6.92 Å². The minimum absolute atomic E-state index is 0.0302. The van der Waals surface area contributed by atoms with Gasteiger partial charge in [-0.2, -0.15) is 0 Å². The fourth-order valence-electron chi connectivity index (χ4n) is 5.81. The molecule has 4 nitrogen and oxygen atoms in total. The quantitative estimate of drug-likeness (QED) is 0.773. The normalized spacial score (nSPS) is 35.6. The molecule has 3 saturated carbocycles. The third-order valence-corrected chi connectivity index (χ3v) is 6.66. The number of carbonyl (C=O) groups is 3. The third-order valence-electron chi connectivity index (χ3n) is 6.66. The molecule has 25 heavy (non-hydrogen) atoms. The molecule has 4 heteroatoms. The Kier molecular flexibility index (Phi) is 4.01. The van der Waals surface area contributed by atoms with Gasteiger partial charge in [0.2, 0.25) is 0 Å². The number of esters is 1. The number of hydrogen-bond acceptors (Lipinski definition) is 4. The molecule has 0 aliphatic heterocycles. The molecule has 132 valence electrons. The standard InChI is InChI=1S/C21H24O4/c1-2-25-20(24)21-11-10-14-8-9-15(19(23)17(14)21)18(21)16(22)12-13-6-4-3-5-7-13/h3-7,14-15,17-18H,2,8-12H2,1H3/t14?,15-,17+,18-,21+/m0/s1. The summed E-state index contributed by atoms with van der Waals surface area (Å²) in [7, 11) is 0. The number of carbonyl (C=O) groups excluding carboxylic acids is 3. The summed E-state index contributed by atoms with van der Waals surface area (Å²) in [5.41, 5.74) is 0.0417. The van der Waals surface area contributed by atoms with Crippen molar-refractivity contribution < 1.29 is 19.1 Å². The van der Waals surface area contributed by atoms with Crippen molar-refractivity contribution in [2.75, 3.05) is 6.61 Å². The van der Waals surface area contributed by atoms with Crippen LogP contribution in [0, 0.1) is 29.1 Å². The second-order valence-corrected chi connectivity index (χ2v) is 7.73. The van der Waals surface area contributed by atoms with Crippen LogP contribution in [-0.4, -0.2) is 24.1 Å². The van der Waals surface area contributed by atoms with Crippen LogP contribution in [0.1, 0.15) is 38.2 Å². The predicted molar refractivity (Wildman–Crippen MR) is 91.7 cm³/mol. The number of hydrogen-bond donors (Lipinski definition) is 0. The molecule has 0 radical (unpaired) electrons. The van der Waals surface area contributed by atoms with Crippen molar-refractivity contribution in [2.24, 2.45) is 29.1 Å². The molecule has 1 aromatic carbocycles. The Morgan fingerprint density at radius 3 is 2.64 bits per heavy atom. The summed E-state index contributed by atoms with van der Waals surface area (Å²) in [4.78, 5) is 39.2. The molecule has 4 rings (SSSR count). The van der Waals surface area contributed by atoms with Crippen molar-refractivity contribution in [1.29, 1.82) is 0 Å². The minimum Gasteiger partial charge on any atom is -0.466 e. The topological polar surface area (TPSA) is 60.4 Å². The molecule has 3 aliphatic rings. The maximum absolute atomic E-state index is 13.2. The predicted octanol–water partition coefficient (Wildman–Crippen LogP) is 2.98. The number of ether oxygens (including phenoxy) is 1. The Balaban J connectivity index is 1.72. The third kappa shape index (κ3) is 2.30. The number of Topliss-reactive ketones (excluding diaryl/α,β-unsaturated/α-hetero) is 2. The van der Waals surface area contributed by atoms with Gasteiger partial charge in [0.05, 0.1) is 12.0 Å². The van der Waals surface area contributed by atoms with Crippen LogP contribution >= 0.6 is 0 Å². The summed E-state index contributed by atoms with van der Waals surface area (Å²) in [5, 5.41) is 0. The molecule has 0 heterocycles. The molecule has 0 spiro atoms. The van der Waals surface area contributed by atoms with E-state index in [4.69, 9.17) is 4.74 Å². The maximum Gasteiger partial charge on any atom is 0.313 e. The van der Waals surface area contributed by atoms with Gasteiger partial charge in [-0.15, -0.1) is 0 Å². The van der Waals surface area contributed by atoms with E-state index < -0.39 is 11.3 Å². The van der Waals surface area contributed by atoms with Gasteiger partial charge >= 0.3 is 5.97 Å². The van der Waals surface area contributed by atoms with Crippen molar-refractivity contribution in [3.8, 4) is 0 Å². The van der Waals surface area contributed by atoms with Crippen LogP contribution in [0.4, 0.5) is 0 Å². The minimum atomic E-state index is -0.898. The monoisotopic (exact) mass is 340 g/mol. The van der Waals surface area contributed by atoms with Crippen LogP contribution in [0.15, 0.2) is 30.3 Å². The van der Waals surface area contributed by atoms with E-state index in [1.807, 2.05) is 30.3 Å². The number of fused-ring (bicyclic) bond motifs is 1. The highest BCUT2D eigenvalue weighted by Crippen LogP contribution is 2.65. The van der Waals surface area contributed by atoms with Crippen molar-refractivity contribution in [2.45, 2.75) is 39.0 Å². The molecule has 0 N–H and O–H groups in total. The SMILES string of the molecule is CCOC(=O)[C@]12CCC3CC[C@H](C(=O)[C@@H]31)[C@H]2C(=O)Cc1ccccc1. The van der Waals surface area contributed by atoms with Gasteiger partial charge in [-0.05, 0) is 44.1 Å². The number of ketones is 2. The Bertz CT molecular complexity index is 710. The Labute approximate surface area is 147 Å². The smallest absolute Gasteiger partial charge is 0.313 e. The Hall–Kier alpha value is -1.97. The van der Waals surface area contributed by atoms with Gasteiger partial charge in [-0.3, -0.25) is 14.4 Å². The van der Waals surface area contributed by atoms with Crippen molar-refractivity contribution in [3.63, 3.8) is 0 Å². The molecule has 3 aliphatic carbocycles. The molecule has 5 atom stereocenters. The van der Waals surface area contributed by atoms with Gasteiger partial charge in [-0.1, -0.05) is 30.3 Å². The van der Waals surface area contributed by atoms with Crippen molar-refractivity contribution in [3.05, 3.63) is 35.9 Å². The van der Waals surface area contributed by atoms with Crippen molar-refractivity contribution >= 4 is 17.5 Å². The zero-order valence-electron chi connectivity index (χ0n) is 14.6. The zero-order valence-corrected chi connectivity index (χ0v) is 14.6. The summed E-state index contributed by atoms with van der Waals surface area (Å²) in [6.45, 7) is 2.07. The number of rotatable bonds is 5. The average molecular weight is 340 g/mol. The summed E-state index contributed by atoms with van der Waals surface area (Å²) in [6, 6.07) is 9.59. The summed E-state index contributed by atoms with van der Waals surface area (Å²) >= 11 is 0. The number of benzene rings is 1. The molecule has 0 saturated heterocycles. The molecule has 2 bridgehead atoms. The highest BCUT2D eigenvalue weighted by atomic mass is 16.5. The van der Waals surface area contributed by atoms with Gasteiger partial charge in [0.15, 0.2) is 0 Å². The summed E-state index contributed by atoms with van der Waals surface area (Å²) in [5.74, 6) is -0.973. The summed E-state index contributed by atoms with van der Waals surface area (Å²) in [6.07, 6.45) is 3.46. The first-order valence-corrected chi connectivity index (χ1v) is 9.37. The molecule has 0 aromatic heterocycles. The Morgan fingerprint density at radius 1 is 1.16 bits per heavy atom. The molecular formula is C21H24O4. The molecular weight excluding hydrogens is 316 g/mol. The molecule has 1 unspecified atom stereocenters. The lowest BCUT2D eigenvalue weighted by Gasteiger charge is -2.32. The average Bonchev–Trinajstić information content (AvgIpc) is 3.03. The zero-order chi connectivity index (χ0) is 17.6.